The molecule has 0 spiro atoms. The standard InChI is InChI=1S/C10H23N.H2/c1-5-7-10(6-2)8-11-9(3)4;/h9-11H,5-8H2,1-4H3;1H. The number of hydrogen-bond acceptors (Lipinski definition) is 1. The summed E-state index contributed by atoms with van der Waals surface area (Å²) >= 11 is 0. The lowest BCUT2D eigenvalue weighted by molar-refractivity contribution is 0.410. The summed E-state index contributed by atoms with van der Waals surface area (Å²) in [5, 5.41) is 3.48. The minimum atomic E-state index is 0. The second-order valence-corrected chi connectivity index (χ2v) is 3.63. The van der Waals surface area contributed by atoms with Crippen LogP contribution in [0.2, 0.25) is 0 Å². The first-order valence-corrected chi connectivity index (χ1v) is 4.94. The second kappa shape index (κ2) is 6.66. The molecule has 0 aliphatic carbocycles. The van der Waals surface area contributed by atoms with Crippen molar-refractivity contribution in [3.8, 4) is 0 Å². The number of nitrogens with one attached hydrogen (secondary N) is 1. The van der Waals surface area contributed by atoms with Crippen molar-refractivity contribution in [2.45, 2.75) is 53.0 Å². The van der Waals surface area contributed by atoms with Crippen LogP contribution in [0.1, 0.15) is 48.4 Å². The minimum absolute atomic E-state index is 0. The van der Waals surface area contributed by atoms with Crippen molar-refractivity contribution < 1.29 is 1.43 Å². The van der Waals surface area contributed by atoms with Crippen LogP contribution in [0.4, 0.5) is 0 Å². The molecule has 0 radical (unpaired) electrons. The van der Waals surface area contributed by atoms with Gasteiger partial charge in [-0.1, -0.05) is 40.5 Å². The largest absolute Gasteiger partial charge is 0.314 e. The lowest BCUT2D eigenvalue weighted by Gasteiger charge is -2.16. The van der Waals surface area contributed by atoms with Gasteiger partial charge in [-0.3, -0.25) is 0 Å². The Kier molecular flexibility index (Phi) is 6.63. The molecule has 0 aliphatic rings. The molecule has 11 heavy (non-hydrogen) atoms. The molecule has 0 aromatic heterocycles. The summed E-state index contributed by atoms with van der Waals surface area (Å²) in [7, 11) is 0. The van der Waals surface area contributed by atoms with E-state index in [1.165, 1.54) is 25.8 Å². The van der Waals surface area contributed by atoms with E-state index in [0.29, 0.717) is 6.04 Å². The van der Waals surface area contributed by atoms with Crippen LogP contribution >= 0.6 is 0 Å². The van der Waals surface area contributed by atoms with Crippen LogP contribution in [0.3, 0.4) is 0 Å². The lowest BCUT2D eigenvalue weighted by atomic mass is 10.0. The smallest absolute Gasteiger partial charge is 0.00104 e. The van der Waals surface area contributed by atoms with Crippen molar-refractivity contribution in [2.24, 2.45) is 5.92 Å². The quantitative estimate of drug-likeness (QED) is 0.628. The van der Waals surface area contributed by atoms with Gasteiger partial charge in [0.2, 0.25) is 0 Å². The van der Waals surface area contributed by atoms with Crippen molar-refractivity contribution in [1.29, 1.82) is 0 Å². The maximum atomic E-state index is 3.48. The molecule has 1 heteroatoms. The van der Waals surface area contributed by atoms with E-state index in [1.807, 2.05) is 0 Å². The Balaban J connectivity index is 0. The molecular formula is C10H25N. The molecule has 0 bridgehead atoms. The molecular weight excluding hydrogens is 134 g/mol. The summed E-state index contributed by atoms with van der Waals surface area (Å²) in [6, 6.07) is 0.640. The fraction of sp³-hybridized carbons (Fsp3) is 1.00. The SMILES string of the molecule is CCCC(CC)CNC(C)C.[HH]. The summed E-state index contributed by atoms with van der Waals surface area (Å²) in [4.78, 5) is 0. The Hall–Kier alpha value is -0.0400. The average Bonchev–Trinajstić information content (AvgIpc) is 1.97. The summed E-state index contributed by atoms with van der Waals surface area (Å²) < 4.78 is 0. The van der Waals surface area contributed by atoms with Crippen molar-refractivity contribution in [3.63, 3.8) is 0 Å². The molecule has 1 N–H and O–H groups in total. The average molecular weight is 159 g/mol. The van der Waals surface area contributed by atoms with Gasteiger partial charge >= 0.3 is 0 Å². The van der Waals surface area contributed by atoms with Gasteiger partial charge in [-0.2, -0.15) is 0 Å². The molecule has 1 unspecified atom stereocenters. The van der Waals surface area contributed by atoms with Gasteiger partial charge in [0.25, 0.3) is 0 Å². The molecule has 70 valence electrons. The minimum Gasteiger partial charge on any atom is -0.314 e. The molecule has 0 saturated carbocycles. The Morgan fingerprint density at radius 2 is 1.91 bits per heavy atom. The molecule has 0 aliphatic heterocycles. The summed E-state index contributed by atoms with van der Waals surface area (Å²) in [6.07, 6.45) is 4.00. The summed E-state index contributed by atoms with van der Waals surface area (Å²) in [5.74, 6) is 0.891. The van der Waals surface area contributed by atoms with E-state index in [-0.39, 0.29) is 1.43 Å². The third kappa shape index (κ3) is 6.36. The Morgan fingerprint density at radius 1 is 1.27 bits per heavy atom. The van der Waals surface area contributed by atoms with Gasteiger partial charge in [-0.15, -0.1) is 0 Å². The lowest BCUT2D eigenvalue weighted by Crippen LogP contribution is -2.28. The zero-order valence-corrected chi connectivity index (χ0v) is 8.48. The van der Waals surface area contributed by atoms with E-state index < -0.39 is 0 Å². The molecule has 1 atom stereocenters. The van der Waals surface area contributed by atoms with Crippen LogP contribution in [0, 0.1) is 5.92 Å². The van der Waals surface area contributed by atoms with Gasteiger partial charge in [0.1, 0.15) is 0 Å². The first kappa shape index (κ1) is 11.0. The number of rotatable bonds is 6. The summed E-state index contributed by atoms with van der Waals surface area (Å²) in [6.45, 7) is 10.2. The maximum absolute atomic E-state index is 3.48. The highest BCUT2D eigenvalue weighted by Gasteiger charge is 2.04. The normalized spacial score (nSPS) is 13.9. The van der Waals surface area contributed by atoms with Gasteiger partial charge in [0, 0.05) is 7.47 Å². The molecule has 0 saturated heterocycles. The highest BCUT2D eigenvalue weighted by atomic mass is 14.9. The zero-order chi connectivity index (χ0) is 8.69. The monoisotopic (exact) mass is 159 g/mol. The fourth-order valence-electron chi connectivity index (χ4n) is 1.26. The first-order valence-electron chi connectivity index (χ1n) is 4.94. The molecule has 0 amide bonds. The van der Waals surface area contributed by atoms with Crippen molar-refractivity contribution in [2.75, 3.05) is 6.54 Å². The van der Waals surface area contributed by atoms with Crippen LogP contribution in [0.5, 0.6) is 0 Å². The van der Waals surface area contributed by atoms with Crippen LogP contribution in [0.25, 0.3) is 0 Å². The molecule has 1 nitrogen and oxygen atoms in total. The third-order valence-electron chi connectivity index (χ3n) is 2.09. The van der Waals surface area contributed by atoms with E-state index in [0.717, 1.165) is 5.92 Å². The Morgan fingerprint density at radius 3 is 2.27 bits per heavy atom. The molecule has 0 rings (SSSR count). The molecule has 0 heterocycles. The van der Waals surface area contributed by atoms with E-state index in [2.05, 4.69) is 33.0 Å². The van der Waals surface area contributed by atoms with E-state index >= 15 is 0 Å². The molecule has 0 aromatic carbocycles. The predicted octanol–water partition coefficient (Wildman–Crippen LogP) is 3.06. The Bertz CT molecular complexity index is 83.9. The van der Waals surface area contributed by atoms with Crippen LogP contribution in [0.15, 0.2) is 0 Å². The zero-order valence-electron chi connectivity index (χ0n) is 8.48. The maximum Gasteiger partial charge on any atom is 0.00104 e. The van der Waals surface area contributed by atoms with Crippen LogP contribution in [-0.4, -0.2) is 12.6 Å². The highest BCUT2D eigenvalue weighted by molar-refractivity contribution is 4.62. The van der Waals surface area contributed by atoms with Gasteiger partial charge in [-0.25, -0.2) is 0 Å². The van der Waals surface area contributed by atoms with Gasteiger partial charge in [0.05, 0.1) is 0 Å². The van der Waals surface area contributed by atoms with Crippen molar-refractivity contribution in [1.82, 2.24) is 5.32 Å². The molecule has 0 fully saturated rings. The Labute approximate surface area is 73.1 Å². The van der Waals surface area contributed by atoms with Crippen LogP contribution < -0.4 is 5.32 Å². The fourth-order valence-corrected chi connectivity index (χ4v) is 1.26. The topological polar surface area (TPSA) is 12.0 Å². The number of hydrogen-bond donors (Lipinski definition) is 1. The predicted molar refractivity (Wildman–Crippen MR) is 53.9 cm³/mol. The van der Waals surface area contributed by atoms with Crippen molar-refractivity contribution >= 4 is 0 Å². The highest BCUT2D eigenvalue weighted by Crippen LogP contribution is 2.08. The first-order chi connectivity index (χ1) is 5.20. The van der Waals surface area contributed by atoms with Crippen molar-refractivity contribution in [3.05, 3.63) is 0 Å². The summed E-state index contributed by atoms with van der Waals surface area (Å²) in [5.41, 5.74) is 0. The third-order valence-corrected chi connectivity index (χ3v) is 2.09. The molecule has 0 aromatic rings. The van der Waals surface area contributed by atoms with Crippen LogP contribution in [-0.2, 0) is 0 Å². The van der Waals surface area contributed by atoms with E-state index in [9.17, 15) is 0 Å². The van der Waals surface area contributed by atoms with E-state index in [4.69, 9.17) is 0 Å². The second-order valence-electron chi connectivity index (χ2n) is 3.63. The van der Waals surface area contributed by atoms with E-state index in [1.54, 1.807) is 0 Å². The van der Waals surface area contributed by atoms with Gasteiger partial charge in [0.15, 0.2) is 0 Å². The van der Waals surface area contributed by atoms with Gasteiger partial charge in [-0.05, 0) is 18.9 Å². The van der Waals surface area contributed by atoms with Gasteiger partial charge < -0.3 is 5.32 Å².